The predicted molar refractivity (Wildman–Crippen MR) is 32.1 cm³/mol. The third-order valence-corrected chi connectivity index (χ3v) is 0.806. The lowest BCUT2D eigenvalue weighted by Gasteiger charge is -2.05. The molecule has 0 saturated heterocycles. The molecule has 0 bridgehead atoms. The SMILES string of the molecule is CN(C=O)CCC=N. The molecule has 3 heteroatoms. The summed E-state index contributed by atoms with van der Waals surface area (Å²) >= 11 is 0. The molecule has 0 fully saturated rings. The Kier molecular flexibility index (Phi) is 3.84. The first-order valence-corrected chi connectivity index (χ1v) is 2.45. The van der Waals surface area contributed by atoms with Gasteiger partial charge in [0.25, 0.3) is 0 Å². The Morgan fingerprint density at radius 2 is 2.38 bits per heavy atom. The maximum Gasteiger partial charge on any atom is 0.209 e. The molecule has 0 atom stereocenters. The zero-order valence-corrected chi connectivity index (χ0v) is 4.92. The highest BCUT2D eigenvalue weighted by atomic mass is 16.1. The van der Waals surface area contributed by atoms with Gasteiger partial charge in [-0.05, 0) is 12.6 Å². The minimum atomic E-state index is 0.646. The zero-order valence-electron chi connectivity index (χ0n) is 4.92. The van der Waals surface area contributed by atoms with E-state index in [2.05, 4.69) is 0 Å². The van der Waals surface area contributed by atoms with Gasteiger partial charge in [0.1, 0.15) is 0 Å². The van der Waals surface area contributed by atoms with Crippen LogP contribution >= 0.6 is 0 Å². The molecule has 0 aromatic rings. The van der Waals surface area contributed by atoms with Crippen LogP contribution < -0.4 is 0 Å². The van der Waals surface area contributed by atoms with Gasteiger partial charge < -0.3 is 10.3 Å². The van der Waals surface area contributed by atoms with Crippen LogP contribution in [-0.4, -0.2) is 31.1 Å². The number of carbonyl (C=O) groups excluding carboxylic acids is 1. The van der Waals surface area contributed by atoms with E-state index in [0.29, 0.717) is 13.0 Å². The van der Waals surface area contributed by atoms with Crippen molar-refractivity contribution in [2.75, 3.05) is 13.6 Å². The molecule has 46 valence electrons. The first-order valence-electron chi connectivity index (χ1n) is 2.45. The van der Waals surface area contributed by atoms with Gasteiger partial charge in [-0.3, -0.25) is 4.79 Å². The minimum absolute atomic E-state index is 0.646. The lowest BCUT2D eigenvalue weighted by Crippen LogP contribution is -2.16. The molecule has 0 aliphatic heterocycles. The highest BCUT2D eigenvalue weighted by Gasteiger charge is 1.86. The molecule has 0 unspecified atom stereocenters. The summed E-state index contributed by atoms with van der Waals surface area (Å²) in [5.74, 6) is 0. The van der Waals surface area contributed by atoms with E-state index in [-0.39, 0.29) is 0 Å². The van der Waals surface area contributed by atoms with Gasteiger partial charge in [0.2, 0.25) is 6.41 Å². The average Bonchev–Trinajstić information content (AvgIpc) is 1.83. The number of hydrogen-bond donors (Lipinski definition) is 1. The molecule has 0 aliphatic rings. The Labute approximate surface area is 48.8 Å². The van der Waals surface area contributed by atoms with Crippen LogP contribution in [0.15, 0.2) is 0 Å². The Hall–Kier alpha value is -0.860. The predicted octanol–water partition coefficient (Wildman–Crippen LogP) is 0.114. The lowest BCUT2D eigenvalue weighted by atomic mass is 10.4. The van der Waals surface area contributed by atoms with E-state index in [4.69, 9.17) is 5.41 Å². The van der Waals surface area contributed by atoms with E-state index < -0.39 is 0 Å². The number of amides is 1. The van der Waals surface area contributed by atoms with Crippen LogP contribution in [0.25, 0.3) is 0 Å². The molecule has 0 aromatic heterocycles. The van der Waals surface area contributed by atoms with Crippen molar-refractivity contribution < 1.29 is 4.79 Å². The van der Waals surface area contributed by atoms with Crippen molar-refractivity contribution in [2.24, 2.45) is 0 Å². The summed E-state index contributed by atoms with van der Waals surface area (Å²) in [4.78, 5) is 11.4. The summed E-state index contributed by atoms with van der Waals surface area (Å²) in [6.45, 7) is 0.646. The topological polar surface area (TPSA) is 44.2 Å². The Balaban J connectivity index is 3.09. The maximum atomic E-state index is 9.86. The molecule has 1 N–H and O–H groups in total. The van der Waals surface area contributed by atoms with Crippen molar-refractivity contribution in [3.63, 3.8) is 0 Å². The molecule has 0 rings (SSSR count). The second-order valence-electron chi connectivity index (χ2n) is 1.58. The molecule has 8 heavy (non-hydrogen) atoms. The Bertz CT molecular complexity index is 82.5. The molecule has 3 nitrogen and oxygen atoms in total. The fraction of sp³-hybridized carbons (Fsp3) is 0.600. The van der Waals surface area contributed by atoms with Crippen molar-refractivity contribution in [1.29, 1.82) is 5.41 Å². The summed E-state index contributed by atoms with van der Waals surface area (Å²) in [7, 11) is 1.69. The molecular formula is C5H10N2O. The fourth-order valence-electron chi connectivity index (χ4n) is 0.321. The van der Waals surface area contributed by atoms with E-state index in [1.54, 1.807) is 7.05 Å². The van der Waals surface area contributed by atoms with Crippen LogP contribution in [0, 0.1) is 5.41 Å². The molecule has 0 aromatic carbocycles. The number of carbonyl (C=O) groups is 1. The van der Waals surface area contributed by atoms with Gasteiger partial charge in [-0.15, -0.1) is 0 Å². The van der Waals surface area contributed by atoms with Gasteiger partial charge in [-0.1, -0.05) is 0 Å². The van der Waals surface area contributed by atoms with Crippen molar-refractivity contribution >= 4 is 12.6 Å². The Morgan fingerprint density at radius 3 is 2.75 bits per heavy atom. The summed E-state index contributed by atoms with van der Waals surface area (Å²) in [6.07, 6.45) is 2.69. The van der Waals surface area contributed by atoms with E-state index in [0.717, 1.165) is 6.41 Å². The van der Waals surface area contributed by atoms with E-state index in [1.807, 2.05) is 0 Å². The van der Waals surface area contributed by atoms with Gasteiger partial charge in [0, 0.05) is 13.6 Å². The third kappa shape index (κ3) is 3.33. The molecule has 1 amide bonds. The second-order valence-corrected chi connectivity index (χ2v) is 1.58. The molecule has 0 aliphatic carbocycles. The first-order chi connectivity index (χ1) is 3.81. The molecule has 0 spiro atoms. The zero-order chi connectivity index (χ0) is 6.41. The van der Waals surface area contributed by atoms with Gasteiger partial charge in [0.15, 0.2) is 0 Å². The number of nitrogens with one attached hydrogen (secondary N) is 1. The van der Waals surface area contributed by atoms with Crippen LogP contribution in [0.5, 0.6) is 0 Å². The molecule has 0 saturated carbocycles. The van der Waals surface area contributed by atoms with E-state index >= 15 is 0 Å². The van der Waals surface area contributed by atoms with Gasteiger partial charge in [-0.25, -0.2) is 0 Å². The Morgan fingerprint density at radius 1 is 1.75 bits per heavy atom. The van der Waals surface area contributed by atoms with E-state index in [1.165, 1.54) is 11.1 Å². The number of rotatable bonds is 4. The highest BCUT2D eigenvalue weighted by Crippen LogP contribution is 1.76. The third-order valence-electron chi connectivity index (χ3n) is 0.806. The highest BCUT2D eigenvalue weighted by molar-refractivity contribution is 5.54. The van der Waals surface area contributed by atoms with Crippen LogP contribution in [0.4, 0.5) is 0 Å². The molecular weight excluding hydrogens is 104 g/mol. The maximum absolute atomic E-state index is 9.86. The molecule has 0 heterocycles. The van der Waals surface area contributed by atoms with Crippen LogP contribution in [0.1, 0.15) is 6.42 Å². The van der Waals surface area contributed by atoms with Crippen LogP contribution in [0.2, 0.25) is 0 Å². The summed E-state index contributed by atoms with van der Waals surface area (Å²) in [6, 6.07) is 0. The summed E-state index contributed by atoms with van der Waals surface area (Å²) in [5.41, 5.74) is 0. The minimum Gasteiger partial charge on any atom is -0.348 e. The second kappa shape index (κ2) is 4.30. The fourth-order valence-corrected chi connectivity index (χ4v) is 0.321. The van der Waals surface area contributed by atoms with Crippen LogP contribution in [0.3, 0.4) is 0 Å². The summed E-state index contributed by atoms with van der Waals surface area (Å²) in [5, 5.41) is 6.60. The summed E-state index contributed by atoms with van der Waals surface area (Å²) < 4.78 is 0. The smallest absolute Gasteiger partial charge is 0.209 e. The van der Waals surface area contributed by atoms with Crippen molar-refractivity contribution in [3.05, 3.63) is 0 Å². The normalized spacial score (nSPS) is 8.12. The standard InChI is InChI=1S/C5H10N2O/c1-7(5-8)4-2-3-6/h3,5-6H,2,4H2,1H3. The van der Waals surface area contributed by atoms with Crippen molar-refractivity contribution in [1.82, 2.24) is 4.90 Å². The van der Waals surface area contributed by atoms with Gasteiger partial charge in [-0.2, -0.15) is 0 Å². The lowest BCUT2D eigenvalue weighted by molar-refractivity contribution is -0.116. The quantitative estimate of drug-likeness (QED) is 0.409. The first kappa shape index (κ1) is 7.14. The van der Waals surface area contributed by atoms with E-state index in [9.17, 15) is 4.79 Å². The molecule has 0 radical (unpaired) electrons. The van der Waals surface area contributed by atoms with Gasteiger partial charge in [0.05, 0.1) is 0 Å². The number of nitrogens with zero attached hydrogens (tertiary/aromatic N) is 1. The largest absolute Gasteiger partial charge is 0.348 e. The average molecular weight is 114 g/mol. The van der Waals surface area contributed by atoms with Gasteiger partial charge >= 0.3 is 0 Å². The van der Waals surface area contributed by atoms with Crippen LogP contribution in [-0.2, 0) is 4.79 Å². The number of hydrogen-bond acceptors (Lipinski definition) is 2. The van der Waals surface area contributed by atoms with Crippen molar-refractivity contribution in [2.45, 2.75) is 6.42 Å². The van der Waals surface area contributed by atoms with Crippen molar-refractivity contribution in [3.8, 4) is 0 Å². The monoisotopic (exact) mass is 114 g/mol.